The van der Waals surface area contributed by atoms with Gasteiger partial charge in [0.1, 0.15) is 0 Å². The first-order valence-corrected chi connectivity index (χ1v) is 4.39. The van der Waals surface area contributed by atoms with Gasteiger partial charge in [0.2, 0.25) is 6.08 Å². The van der Waals surface area contributed by atoms with Crippen LogP contribution in [0.2, 0.25) is 5.02 Å². The number of carbonyl (C=O) groups excluding carboxylic acids is 1. The minimum absolute atomic E-state index is 0.268. The molecule has 0 bridgehead atoms. The topological polar surface area (TPSA) is 29.4 Å². The zero-order chi connectivity index (χ0) is 8.97. The minimum Gasteiger partial charge on any atom is -0.211 e. The molecule has 2 nitrogen and oxygen atoms in total. The summed E-state index contributed by atoms with van der Waals surface area (Å²) in [6.07, 6.45) is 1.47. The molecule has 62 valence electrons. The molecule has 0 aliphatic carbocycles. The van der Waals surface area contributed by atoms with Gasteiger partial charge in [-0.3, -0.25) is 0 Å². The van der Waals surface area contributed by atoms with Crippen LogP contribution in [0, 0.1) is 0 Å². The average Bonchev–Trinajstić information content (AvgIpc) is 2.04. The highest BCUT2D eigenvalue weighted by Crippen LogP contribution is 2.24. The van der Waals surface area contributed by atoms with Gasteiger partial charge in [-0.05, 0) is 12.1 Å². The lowest BCUT2D eigenvalue weighted by Gasteiger charge is -2.01. The maximum absolute atomic E-state index is 9.85. The lowest BCUT2D eigenvalue weighted by atomic mass is 10.2. The van der Waals surface area contributed by atoms with Crippen molar-refractivity contribution in [1.82, 2.24) is 0 Å². The first kappa shape index (κ1) is 9.46. The van der Waals surface area contributed by atoms with Crippen LogP contribution in [-0.4, -0.2) is 6.08 Å². The molecule has 0 N–H and O–H groups in total. The van der Waals surface area contributed by atoms with Gasteiger partial charge < -0.3 is 0 Å². The molecular weight excluding hydrogens is 241 g/mol. The fraction of sp³-hybridized carbons (Fsp3) is 0.125. The highest BCUT2D eigenvalue weighted by Gasteiger charge is 2.02. The number of isocyanates is 1. The van der Waals surface area contributed by atoms with Crippen molar-refractivity contribution >= 4 is 33.6 Å². The van der Waals surface area contributed by atoms with E-state index in [0.717, 1.165) is 10.0 Å². The van der Waals surface area contributed by atoms with Crippen LogP contribution in [0.4, 0.5) is 0 Å². The molecule has 0 atom stereocenters. The van der Waals surface area contributed by atoms with Crippen LogP contribution in [0.5, 0.6) is 0 Å². The van der Waals surface area contributed by atoms with E-state index in [1.54, 1.807) is 6.07 Å². The van der Waals surface area contributed by atoms with Crippen LogP contribution in [0.3, 0.4) is 0 Å². The van der Waals surface area contributed by atoms with Gasteiger partial charge in [0.15, 0.2) is 0 Å². The van der Waals surface area contributed by atoms with Gasteiger partial charge in [-0.25, -0.2) is 9.79 Å². The number of hydrogen-bond donors (Lipinski definition) is 0. The molecule has 0 amide bonds. The number of hydrogen-bond acceptors (Lipinski definition) is 2. The standard InChI is InChI=1S/C8H5BrClNO/c9-7-2-1-3-8(10)6(7)4-11-5-12/h1-3H,4H2. The van der Waals surface area contributed by atoms with Crippen molar-refractivity contribution in [2.75, 3.05) is 0 Å². The molecule has 0 unspecified atom stereocenters. The largest absolute Gasteiger partial charge is 0.235 e. The van der Waals surface area contributed by atoms with Crippen molar-refractivity contribution in [2.24, 2.45) is 4.99 Å². The Balaban J connectivity index is 3.03. The van der Waals surface area contributed by atoms with E-state index in [9.17, 15) is 4.79 Å². The molecule has 1 rings (SSSR count). The summed E-state index contributed by atoms with van der Waals surface area (Å²) >= 11 is 9.15. The summed E-state index contributed by atoms with van der Waals surface area (Å²) in [4.78, 5) is 13.3. The molecule has 0 saturated carbocycles. The summed E-state index contributed by atoms with van der Waals surface area (Å²) in [7, 11) is 0. The van der Waals surface area contributed by atoms with Crippen molar-refractivity contribution in [3.05, 3.63) is 33.3 Å². The average molecular weight is 246 g/mol. The SMILES string of the molecule is O=C=NCc1c(Cl)cccc1Br. The minimum atomic E-state index is 0.268. The highest BCUT2D eigenvalue weighted by molar-refractivity contribution is 9.10. The fourth-order valence-corrected chi connectivity index (χ4v) is 1.63. The number of nitrogens with zero attached hydrogens (tertiary/aromatic N) is 1. The van der Waals surface area contributed by atoms with Crippen molar-refractivity contribution in [3.8, 4) is 0 Å². The van der Waals surface area contributed by atoms with Gasteiger partial charge in [-0.1, -0.05) is 33.6 Å². The van der Waals surface area contributed by atoms with E-state index >= 15 is 0 Å². The lowest BCUT2D eigenvalue weighted by Crippen LogP contribution is -1.84. The van der Waals surface area contributed by atoms with Crippen LogP contribution in [-0.2, 0) is 11.3 Å². The Bertz CT molecular complexity index is 314. The van der Waals surface area contributed by atoms with Crippen LogP contribution in [0.1, 0.15) is 5.56 Å². The van der Waals surface area contributed by atoms with Crippen LogP contribution < -0.4 is 0 Å². The van der Waals surface area contributed by atoms with Gasteiger partial charge in [0.05, 0.1) is 6.54 Å². The maximum atomic E-state index is 9.85. The number of rotatable bonds is 2. The quantitative estimate of drug-likeness (QED) is 0.583. The van der Waals surface area contributed by atoms with E-state index in [2.05, 4.69) is 20.9 Å². The summed E-state index contributed by atoms with van der Waals surface area (Å²) in [5.41, 5.74) is 0.808. The zero-order valence-electron chi connectivity index (χ0n) is 6.05. The van der Waals surface area contributed by atoms with Crippen molar-refractivity contribution < 1.29 is 4.79 Å². The van der Waals surface area contributed by atoms with Gasteiger partial charge in [0.25, 0.3) is 0 Å². The fourth-order valence-electron chi connectivity index (χ4n) is 0.795. The molecule has 1 aromatic carbocycles. The third-order valence-corrected chi connectivity index (χ3v) is 2.46. The zero-order valence-corrected chi connectivity index (χ0v) is 8.39. The van der Waals surface area contributed by atoms with Crippen LogP contribution in [0.25, 0.3) is 0 Å². The summed E-state index contributed by atoms with van der Waals surface area (Å²) in [6.45, 7) is 0.268. The molecule has 0 heterocycles. The first-order valence-electron chi connectivity index (χ1n) is 3.22. The summed E-state index contributed by atoms with van der Waals surface area (Å²) in [5.74, 6) is 0. The second kappa shape index (κ2) is 4.41. The van der Waals surface area contributed by atoms with Crippen LogP contribution >= 0.6 is 27.5 Å². The third kappa shape index (κ3) is 2.18. The van der Waals surface area contributed by atoms with Crippen molar-refractivity contribution in [3.63, 3.8) is 0 Å². The van der Waals surface area contributed by atoms with Gasteiger partial charge in [-0.2, -0.15) is 0 Å². The summed E-state index contributed by atoms with van der Waals surface area (Å²) in [5, 5.41) is 0.600. The number of benzene rings is 1. The molecular formula is C8H5BrClNO. The Kier molecular flexibility index (Phi) is 3.48. The number of aliphatic imine (C=N–C) groups is 1. The molecule has 0 spiro atoms. The number of halogens is 2. The molecule has 0 saturated heterocycles. The van der Waals surface area contributed by atoms with E-state index < -0.39 is 0 Å². The normalized spacial score (nSPS) is 9.17. The predicted octanol–water partition coefficient (Wildman–Crippen LogP) is 2.94. The highest BCUT2D eigenvalue weighted by atomic mass is 79.9. The molecule has 0 fully saturated rings. The monoisotopic (exact) mass is 245 g/mol. The Morgan fingerprint density at radius 2 is 2.33 bits per heavy atom. The first-order chi connectivity index (χ1) is 5.75. The second-order valence-corrected chi connectivity index (χ2v) is 3.37. The summed E-state index contributed by atoms with van der Waals surface area (Å²) < 4.78 is 0.856. The van der Waals surface area contributed by atoms with Gasteiger partial charge in [0, 0.05) is 15.1 Å². The van der Waals surface area contributed by atoms with Crippen molar-refractivity contribution in [1.29, 1.82) is 0 Å². The van der Waals surface area contributed by atoms with Gasteiger partial charge >= 0.3 is 0 Å². The van der Waals surface area contributed by atoms with E-state index in [-0.39, 0.29) is 6.54 Å². The van der Waals surface area contributed by atoms with Crippen LogP contribution in [0.15, 0.2) is 27.7 Å². The smallest absolute Gasteiger partial charge is 0.211 e. The summed E-state index contributed by atoms with van der Waals surface area (Å²) in [6, 6.07) is 5.42. The Hall–Kier alpha value is -0.630. The lowest BCUT2D eigenvalue weighted by molar-refractivity contribution is 0.563. The molecule has 0 radical (unpaired) electrons. The van der Waals surface area contributed by atoms with Crippen molar-refractivity contribution in [2.45, 2.75) is 6.54 Å². The molecule has 1 aromatic rings. The van der Waals surface area contributed by atoms with Gasteiger partial charge in [-0.15, -0.1) is 0 Å². The molecule has 0 aromatic heterocycles. The molecule has 12 heavy (non-hydrogen) atoms. The predicted molar refractivity (Wildman–Crippen MR) is 51.0 cm³/mol. The molecule has 0 aliphatic heterocycles. The van der Waals surface area contributed by atoms with E-state index in [1.165, 1.54) is 6.08 Å². The maximum Gasteiger partial charge on any atom is 0.235 e. The Morgan fingerprint density at radius 1 is 1.58 bits per heavy atom. The van der Waals surface area contributed by atoms with E-state index in [0.29, 0.717) is 5.02 Å². The molecule has 0 aliphatic rings. The van der Waals surface area contributed by atoms with E-state index in [1.807, 2.05) is 12.1 Å². The van der Waals surface area contributed by atoms with E-state index in [4.69, 9.17) is 11.6 Å². The second-order valence-electron chi connectivity index (χ2n) is 2.11. The Labute approximate surface area is 83.4 Å². The molecule has 4 heteroatoms. The Morgan fingerprint density at radius 3 is 2.92 bits per heavy atom. The third-order valence-electron chi connectivity index (χ3n) is 1.36.